The maximum absolute atomic E-state index is 12.5. The fourth-order valence-electron chi connectivity index (χ4n) is 1.70. The average molecular weight is 285 g/mol. The molecule has 1 amide bonds. The second kappa shape index (κ2) is 4.39. The number of aromatic nitrogens is 1. The zero-order valence-electron chi connectivity index (χ0n) is 10.1. The minimum atomic E-state index is -4.45. The number of rotatable bonds is 2. The van der Waals surface area contributed by atoms with Crippen LogP contribution in [0.4, 0.5) is 13.2 Å². The Labute approximate surface area is 111 Å². The number of hydrazone groups is 1. The number of aromatic amines is 1. The van der Waals surface area contributed by atoms with Crippen LogP contribution in [-0.2, 0) is 15.7 Å². The van der Waals surface area contributed by atoms with E-state index in [1.807, 2.05) is 0 Å². The summed E-state index contributed by atoms with van der Waals surface area (Å²) in [4.78, 5) is 13.8. The van der Waals surface area contributed by atoms with Crippen LogP contribution >= 0.6 is 0 Å². The van der Waals surface area contributed by atoms with Crippen molar-refractivity contribution < 1.29 is 22.7 Å². The molecule has 2 N–H and O–H groups in total. The van der Waals surface area contributed by atoms with Gasteiger partial charge in [0.05, 0.1) is 0 Å². The fourth-order valence-corrected chi connectivity index (χ4v) is 1.70. The lowest BCUT2D eigenvalue weighted by Gasteiger charge is -2.03. The van der Waals surface area contributed by atoms with Gasteiger partial charge in [-0.2, -0.15) is 13.2 Å². The number of carbonyl (C=O) groups is 1. The summed E-state index contributed by atoms with van der Waals surface area (Å²) in [6, 6.07) is 2.16. The van der Waals surface area contributed by atoms with Crippen LogP contribution in [-0.4, -0.2) is 22.9 Å². The van der Waals surface area contributed by atoms with Crippen molar-refractivity contribution in [3.8, 4) is 0 Å². The molecular formula is C12H10F3N3O2. The van der Waals surface area contributed by atoms with Crippen LogP contribution in [0, 0.1) is 0 Å². The summed E-state index contributed by atoms with van der Waals surface area (Å²) < 4.78 is 42.8. The quantitative estimate of drug-likeness (QED) is 0.817. The number of ether oxygens (including phenoxy) is 1. The van der Waals surface area contributed by atoms with Gasteiger partial charge in [0.15, 0.2) is 0 Å². The van der Waals surface area contributed by atoms with E-state index >= 15 is 0 Å². The summed E-state index contributed by atoms with van der Waals surface area (Å²) >= 11 is 0. The molecule has 2 heterocycles. The molecule has 1 aromatic rings. The molecule has 0 atom stereocenters. The number of hydrogen-bond acceptors (Lipinski definition) is 3. The van der Waals surface area contributed by atoms with E-state index in [-0.39, 0.29) is 23.3 Å². The van der Waals surface area contributed by atoms with Gasteiger partial charge in [0.2, 0.25) is 5.90 Å². The summed E-state index contributed by atoms with van der Waals surface area (Å²) in [5.74, 6) is -0.371. The lowest BCUT2D eigenvalue weighted by molar-refractivity contribution is -0.140. The van der Waals surface area contributed by atoms with Gasteiger partial charge in [-0.1, -0.05) is 0 Å². The number of nitrogens with one attached hydrogen (secondary N) is 2. The Hall–Kier alpha value is -2.25. The molecule has 0 aromatic carbocycles. The predicted molar refractivity (Wildman–Crippen MR) is 63.5 cm³/mol. The summed E-state index contributed by atoms with van der Waals surface area (Å²) in [5, 5.41) is 3.72. The van der Waals surface area contributed by atoms with Crippen molar-refractivity contribution in [2.75, 3.05) is 0 Å². The number of nitrogens with zero attached hydrogens (tertiary/aromatic N) is 1. The summed E-state index contributed by atoms with van der Waals surface area (Å²) in [6.45, 7) is 0. The van der Waals surface area contributed by atoms with Crippen LogP contribution in [0.2, 0.25) is 0 Å². The van der Waals surface area contributed by atoms with E-state index in [0.29, 0.717) is 0 Å². The van der Waals surface area contributed by atoms with E-state index in [1.165, 1.54) is 12.1 Å². The Kier molecular flexibility index (Phi) is 2.81. The molecule has 8 heteroatoms. The van der Waals surface area contributed by atoms with Crippen molar-refractivity contribution in [2.24, 2.45) is 5.10 Å². The first-order valence-electron chi connectivity index (χ1n) is 5.96. The van der Waals surface area contributed by atoms with Crippen LogP contribution in [0.1, 0.15) is 24.2 Å². The second-order valence-electron chi connectivity index (χ2n) is 4.56. The number of alkyl halides is 3. The van der Waals surface area contributed by atoms with Crippen molar-refractivity contribution in [1.29, 1.82) is 0 Å². The molecule has 5 nitrogen and oxygen atoms in total. The Morgan fingerprint density at radius 2 is 2.10 bits per heavy atom. The molecule has 1 aliphatic heterocycles. The standard InChI is InChI=1S/C12H10F3N3O2/c13-12(14,15)9-4-1-6(16-9)5-8-10(19)17-18-11(8)20-7-2-3-7/h1,4-5,7,16H,2-3H2,(H,17,19)/b8-5+. The van der Waals surface area contributed by atoms with Crippen molar-refractivity contribution in [1.82, 2.24) is 10.4 Å². The summed E-state index contributed by atoms with van der Waals surface area (Å²) in [6.07, 6.45) is -1.34. The van der Waals surface area contributed by atoms with Gasteiger partial charge in [0.1, 0.15) is 17.4 Å². The molecule has 20 heavy (non-hydrogen) atoms. The van der Waals surface area contributed by atoms with Gasteiger partial charge in [-0.3, -0.25) is 4.79 Å². The van der Waals surface area contributed by atoms with Gasteiger partial charge >= 0.3 is 6.18 Å². The zero-order chi connectivity index (χ0) is 14.3. The lowest BCUT2D eigenvalue weighted by Crippen LogP contribution is -2.14. The normalized spacial score (nSPS) is 21.1. The number of halogens is 3. The monoisotopic (exact) mass is 285 g/mol. The average Bonchev–Trinajstić information content (AvgIpc) is 2.93. The van der Waals surface area contributed by atoms with Crippen LogP contribution < -0.4 is 5.43 Å². The van der Waals surface area contributed by atoms with Gasteiger partial charge in [-0.15, -0.1) is 5.10 Å². The van der Waals surface area contributed by atoms with Crippen LogP contribution in [0.25, 0.3) is 6.08 Å². The SMILES string of the molecule is O=C1NN=C(OC2CC2)/C1=C/c1ccc(C(F)(F)F)[nH]1. The number of amides is 1. The number of hydrogen-bond donors (Lipinski definition) is 2. The van der Waals surface area contributed by atoms with Crippen molar-refractivity contribution >= 4 is 17.9 Å². The molecule has 0 spiro atoms. The number of H-pyrrole nitrogens is 1. The van der Waals surface area contributed by atoms with Gasteiger partial charge in [0.25, 0.3) is 5.91 Å². The third-order valence-corrected chi connectivity index (χ3v) is 2.85. The van der Waals surface area contributed by atoms with E-state index in [1.54, 1.807) is 0 Å². The zero-order valence-corrected chi connectivity index (χ0v) is 10.1. The number of carbonyl (C=O) groups excluding carboxylic acids is 1. The highest BCUT2D eigenvalue weighted by atomic mass is 19.4. The van der Waals surface area contributed by atoms with Gasteiger partial charge in [-0.05, 0) is 31.1 Å². The van der Waals surface area contributed by atoms with E-state index in [2.05, 4.69) is 15.5 Å². The molecule has 1 saturated carbocycles. The Morgan fingerprint density at radius 3 is 2.70 bits per heavy atom. The van der Waals surface area contributed by atoms with E-state index in [9.17, 15) is 18.0 Å². The van der Waals surface area contributed by atoms with Gasteiger partial charge in [-0.25, -0.2) is 5.43 Å². The summed E-state index contributed by atoms with van der Waals surface area (Å²) in [5.41, 5.74) is 1.64. The fraction of sp³-hybridized carbons (Fsp3) is 0.333. The van der Waals surface area contributed by atoms with E-state index in [0.717, 1.165) is 18.9 Å². The molecule has 1 aliphatic carbocycles. The first-order chi connectivity index (χ1) is 9.43. The third-order valence-electron chi connectivity index (χ3n) is 2.85. The molecule has 3 rings (SSSR count). The molecule has 106 valence electrons. The van der Waals surface area contributed by atoms with Crippen LogP contribution in [0.5, 0.6) is 0 Å². The topological polar surface area (TPSA) is 66.5 Å². The van der Waals surface area contributed by atoms with Gasteiger partial charge in [0, 0.05) is 5.69 Å². The Morgan fingerprint density at radius 1 is 1.35 bits per heavy atom. The van der Waals surface area contributed by atoms with Crippen molar-refractivity contribution in [2.45, 2.75) is 25.1 Å². The highest BCUT2D eigenvalue weighted by Crippen LogP contribution is 2.29. The minimum absolute atomic E-state index is 0.0410. The molecule has 2 aliphatic rings. The molecule has 0 bridgehead atoms. The van der Waals surface area contributed by atoms with Crippen LogP contribution in [0.15, 0.2) is 22.8 Å². The largest absolute Gasteiger partial charge is 0.473 e. The van der Waals surface area contributed by atoms with Crippen molar-refractivity contribution in [3.63, 3.8) is 0 Å². The summed E-state index contributed by atoms with van der Waals surface area (Å²) in [7, 11) is 0. The molecular weight excluding hydrogens is 275 g/mol. The molecule has 0 unspecified atom stereocenters. The van der Waals surface area contributed by atoms with Gasteiger partial charge < -0.3 is 9.72 Å². The molecule has 0 saturated heterocycles. The molecule has 1 aromatic heterocycles. The smallest absolute Gasteiger partial charge is 0.431 e. The third kappa shape index (κ3) is 2.54. The lowest BCUT2D eigenvalue weighted by atomic mass is 10.2. The molecule has 1 fully saturated rings. The molecule has 0 radical (unpaired) electrons. The maximum Gasteiger partial charge on any atom is 0.431 e. The van der Waals surface area contributed by atoms with E-state index in [4.69, 9.17) is 4.74 Å². The van der Waals surface area contributed by atoms with Crippen molar-refractivity contribution in [3.05, 3.63) is 29.1 Å². The van der Waals surface area contributed by atoms with E-state index < -0.39 is 17.8 Å². The Bertz CT molecular complexity index is 612. The Balaban J connectivity index is 1.84. The first-order valence-corrected chi connectivity index (χ1v) is 5.96. The highest BCUT2D eigenvalue weighted by Gasteiger charge is 2.33. The first kappa shape index (κ1) is 12.8. The predicted octanol–water partition coefficient (Wildman–Crippen LogP) is 2.04. The second-order valence-corrected chi connectivity index (χ2v) is 4.56. The van der Waals surface area contributed by atoms with Crippen LogP contribution in [0.3, 0.4) is 0 Å². The highest BCUT2D eigenvalue weighted by molar-refractivity contribution is 6.24. The maximum atomic E-state index is 12.5. The minimum Gasteiger partial charge on any atom is -0.473 e.